The molecule has 0 bridgehead atoms. The molecule has 2 atom stereocenters. The van der Waals surface area contributed by atoms with E-state index in [4.69, 9.17) is 0 Å². The van der Waals surface area contributed by atoms with Gasteiger partial charge in [-0.05, 0) is 56.4 Å². The maximum atomic E-state index is 12.6. The lowest BCUT2D eigenvalue weighted by Crippen LogP contribution is -2.34. The monoisotopic (exact) mass is 407 g/mol. The number of nitrogens with zero attached hydrogens (tertiary/aromatic N) is 1. The number of aryl methyl sites for hydroxylation is 1. The van der Waals surface area contributed by atoms with Crippen molar-refractivity contribution in [2.24, 2.45) is 11.8 Å². The summed E-state index contributed by atoms with van der Waals surface area (Å²) >= 11 is 2.94. The normalized spacial score (nSPS) is 17.9. The fourth-order valence-electron chi connectivity index (χ4n) is 3.50. The van der Waals surface area contributed by atoms with E-state index in [2.05, 4.69) is 36.1 Å². The summed E-state index contributed by atoms with van der Waals surface area (Å²) in [5.41, 5.74) is 1.12. The molecule has 27 heavy (non-hydrogen) atoms. The van der Waals surface area contributed by atoms with Crippen molar-refractivity contribution in [1.82, 2.24) is 15.3 Å². The highest BCUT2D eigenvalue weighted by atomic mass is 32.2. The Morgan fingerprint density at radius 1 is 1.37 bits per heavy atom. The van der Waals surface area contributed by atoms with Crippen LogP contribution in [0.4, 0.5) is 0 Å². The summed E-state index contributed by atoms with van der Waals surface area (Å²) < 4.78 is 0. The van der Waals surface area contributed by atoms with E-state index in [1.54, 1.807) is 11.3 Å². The zero-order valence-corrected chi connectivity index (χ0v) is 18.2. The summed E-state index contributed by atoms with van der Waals surface area (Å²) in [5.74, 6) is 1.56. The number of hydrogen-bond acceptors (Lipinski definition) is 5. The van der Waals surface area contributed by atoms with Gasteiger partial charge in [0.05, 0.1) is 11.1 Å². The maximum Gasteiger partial charge on any atom is 0.260 e. The number of fused-ring (bicyclic) bond motifs is 3. The highest BCUT2D eigenvalue weighted by Gasteiger charge is 2.23. The Morgan fingerprint density at radius 3 is 2.89 bits per heavy atom. The van der Waals surface area contributed by atoms with Gasteiger partial charge >= 0.3 is 0 Å². The Bertz CT molecular complexity index is 872. The molecule has 0 aliphatic heterocycles. The van der Waals surface area contributed by atoms with E-state index in [1.807, 2.05) is 6.92 Å². The number of nitrogens with one attached hydrogen (secondary N) is 2. The molecule has 0 radical (unpaired) electrons. The largest absolute Gasteiger partial charge is 0.353 e. The van der Waals surface area contributed by atoms with E-state index in [0.717, 1.165) is 42.3 Å². The van der Waals surface area contributed by atoms with E-state index in [9.17, 15) is 9.59 Å². The topological polar surface area (TPSA) is 74.8 Å². The lowest BCUT2D eigenvalue weighted by atomic mass is 9.89. The van der Waals surface area contributed by atoms with Gasteiger partial charge < -0.3 is 10.3 Å². The number of rotatable bonds is 7. The molecular formula is C20H29N3O2S2. The van der Waals surface area contributed by atoms with Crippen molar-refractivity contribution in [2.75, 3.05) is 5.75 Å². The van der Waals surface area contributed by atoms with Gasteiger partial charge in [-0.1, -0.05) is 32.5 Å². The number of hydrogen-bond donors (Lipinski definition) is 2. The van der Waals surface area contributed by atoms with Gasteiger partial charge in [-0.15, -0.1) is 11.3 Å². The molecule has 2 N–H and O–H groups in total. The second kappa shape index (κ2) is 8.78. The smallest absolute Gasteiger partial charge is 0.260 e. The SMILES string of the molecule is CC(C)CC[C@H](C)NC(=O)CSc1nc2sc3c(c2c(=O)[nH]1)CC[C@H](C)C3. The molecule has 148 valence electrons. The van der Waals surface area contributed by atoms with Crippen LogP contribution < -0.4 is 10.9 Å². The summed E-state index contributed by atoms with van der Waals surface area (Å²) in [5, 5.41) is 4.32. The van der Waals surface area contributed by atoms with Crippen LogP contribution in [0.3, 0.4) is 0 Å². The van der Waals surface area contributed by atoms with Crippen molar-refractivity contribution >= 4 is 39.2 Å². The number of carbonyl (C=O) groups is 1. The Hall–Kier alpha value is -1.34. The summed E-state index contributed by atoms with van der Waals surface area (Å²) in [6.45, 7) is 8.67. The average molecular weight is 408 g/mol. The van der Waals surface area contributed by atoms with Crippen LogP contribution in [0, 0.1) is 11.8 Å². The third-order valence-electron chi connectivity index (χ3n) is 5.07. The van der Waals surface area contributed by atoms with Crippen molar-refractivity contribution in [3.05, 3.63) is 20.8 Å². The third kappa shape index (κ3) is 5.13. The minimum atomic E-state index is -0.0692. The summed E-state index contributed by atoms with van der Waals surface area (Å²) in [7, 11) is 0. The molecule has 0 unspecified atom stereocenters. The first-order valence-corrected chi connectivity index (χ1v) is 11.6. The molecule has 0 saturated carbocycles. The molecule has 2 aromatic heterocycles. The Morgan fingerprint density at radius 2 is 2.15 bits per heavy atom. The van der Waals surface area contributed by atoms with Gasteiger partial charge in [0.25, 0.3) is 5.56 Å². The van der Waals surface area contributed by atoms with Crippen LogP contribution in [0.15, 0.2) is 9.95 Å². The number of aromatic nitrogens is 2. The fraction of sp³-hybridized carbons (Fsp3) is 0.650. The quantitative estimate of drug-likeness (QED) is 0.534. The van der Waals surface area contributed by atoms with Crippen molar-refractivity contribution in [2.45, 2.75) is 71.0 Å². The highest BCUT2D eigenvalue weighted by Crippen LogP contribution is 2.36. The van der Waals surface area contributed by atoms with Gasteiger partial charge in [-0.25, -0.2) is 4.98 Å². The van der Waals surface area contributed by atoms with E-state index in [0.29, 0.717) is 17.0 Å². The second-order valence-electron chi connectivity index (χ2n) is 8.13. The Labute approximate surface area is 168 Å². The molecular weight excluding hydrogens is 378 g/mol. The lowest BCUT2D eigenvalue weighted by molar-refractivity contribution is -0.119. The molecule has 0 spiro atoms. The molecule has 7 heteroatoms. The number of H-pyrrole nitrogens is 1. The first-order chi connectivity index (χ1) is 12.8. The third-order valence-corrected chi connectivity index (χ3v) is 7.09. The molecule has 1 amide bonds. The fourth-order valence-corrected chi connectivity index (χ4v) is 5.62. The minimum Gasteiger partial charge on any atom is -0.353 e. The predicted molar refractivity (Wildman–Crippen MR) is 114 cm³/mol. The van der Waals surface area contributed by atoms with Crippen LogP contribution in [0.1, 0.15) is 57.4 Å². The lowest BCUT2D eigenvalue weighted by Gasteiger charge is -2.17. The Kier molecular flexibility index (Phi) is 6.63. The number of thiophene rings is 1. The minimum absolute atomic E-state index is 0.0155. The number of thioether (sulfide) groups is 1. The molecule has 1 aliphatic carbocycles. The maximum absolute atomic E-state index is 12.6. The zero-order chi connectivity index (χ0) is 19.6. The average Bonchev–Trinajstić information content (AvgIpc) is 2.95. The number of amides is 1. The van der Waals surface area contributed by atoms with E-state index in [-0.39, 0.29) is 23.3 Å². The number of aromatic amines is 1. The second-order valence-corrected chi connectivity index (χ2v) is 10.2. The summed E-state index contributed by atoms with van der Waals surface area (Å²) in [4.78, 5) is 34.4. The van der Waals surface area contributed by atoms with E-state index in [1.165, 1.54) is 22.2 Å². The Balaban J connectivity index is 1.64. The molecule has 5 nitrogen and oxygen atoms in total. The molecule has 0 aromatic carbocycles. The number of carbonyl (C=O) groups excluding carboxylic acids is 1. The van der Waals surface area contributed by atoms with Gasteiger partial charge in [0.2, 0.25) is 5.91 Å². The molecule has 2 aromatic rings. The van der Waals surface area contributed by atoms with Crippen LogP contribution in [-0.2, 0) is 17.6 Å². The zero-order valence-electron chi connectivity index (χ0n) is 16.6. The van der Waals surface area contributed by atoms with Gasteiger partial charge in [-0.3, -0.25) is 9.59 Å². The van der Waals surface area contributed by atoms with Crippen LogP contribution in [0.25, 0.3) is 10.2 Å². The van der Waals surface area contributed by atoms with Gasteiger partial charge in [0.15, 0.2) is 5.16 Å². The van der Waals surface area contributed by atoms with Crippen LogP contribution in [0.2, 0.25) is 0 Å². The van der Waals surface area contributed by atoms with E-state index >= 15 is 0 Å². The van der Waals surface area contributed by atoms with Gasteiger partial charge in [0.1, 0.15) is 4.83 Å². The van der Waals surface area contributed by atoms with Crippen molar-refractivity contribution in [1.29, 1.82) is 0 Å². The molecule has 2 heterocycles. The predicted octanol–water partition coefficient (Wildman–Crippen LogP) is 4.14. The van der Waals surface area contributed by atoms with Crippen molar-refractivity contribution in [3.8, 4) is 0 Å². The summed E-state index contributed by atoms with van der Waals surface area (Å²) in [6.07, 6.45) is 5.21. The van der Waals surface area contributed by atoms with Crippen LogP contribution in [0.5, 0.6) is 0 Å². The highest BCUT2D eigenvalue weighted by molar-refractivity contribution is 7.99. The first-order valence-electron chi connectivity index (χ1n) is 9.80. The summed E-state index contributed by atoms with van der Waals surface area (Å²) in [6, 6.07) is 0.168. The standard InChI is InChI=1S/C20H29N3O2S2/c1-11(2)5-7-13(4)21-16(24)10-26-20-22-18(25)17-14-8-6-12(3)9-15(14)27-19(17)23-20/h11-13H,5-10H2,1-4H3,(H,21,24)(H,22,23,25)/t12-,13-/m0/s1. The molecule has 3 rings (SSSR count). The molecule has 1 aliphatic rings. The van der Waals surface area contributed by atoms with Crippen LogP contribution in [-0.4, -0.2) is 27.7 Å². The molecule has 0 fully saturated rings. The van der Waals surface area contributed by atoms with Gasteiger partial charge in [-0.2, -0.15) is 0 Å². The van der Waals surface area contributed by atoms with Crippen molar-refractivity contribution in [3.63, 3.8) is 0 Å². The molecule has 0 saturated heterocycles. The van der Waals surface area contributed by atoms with Crippen molar-refractivity contribution < 1.29 is 4.79 Å². The van der Waals surface area contributed by atoms with Gasteiger partial charge in [0, 0.05) is 10.9 Å². The van der Waals surface area contributed by atoms with Crippen LogP contribution >= 0.6 is 23.1 Å². The van der Waals surface area contributed by atoms with E-state index < -0.39 is 0 Å². The first kappa shape index (κ1) is 20.4.